The number of amides is 2. The van der Waals surface area contributed by atoms with Gasteiger partial charge in [-0.1, -0.05) is 17.7 Å². The van der Waals surface area contributed by atoms with Gasteiger partial charge >= 0.3 is 12.3 Å². The second kappa shape index (κ2) is 6.96. The Kier molecular flexibility index (Phi) is 4.91. The van der Waals surface area contributed by atoms with Crippen molar-refractivity contribution >= 4 is 23.6 Å². The molecular formula is C19H18ClF5N2O3. The van der Waals surface area contributed by atoms with Crippen LogP contribution in [0.1, 0.15) is 30.4 Å². The number of cyclic esters (lactones) is 1. The molecule has 30 heavy (non-hydrogen) atoms. The third kappa shape index (κ3) is 3.81. The summed E-state index contributed by atoms with van der Waals surface area (Å²) in [6.45, 7) is 0.465. The van der Waals surface area contributed by atoms with Gasteiger partial charge in [-0.25, -0.2) is 13.6 Å². The topological polar surface area (TPSA) is 58.6 Å². The smallest absolute Gasteiger partial charge is 0.417 e. The zero-order chi connectivity index (χ0) is 21.9. The van der Waals surface area contributed by atoms with Crippen LogP contribution >= 0.6 is 11.6 Å². The van der Waals surface area contributed by atoms with Gasteiger partial charge < -0.3 is 15.0 Å². The molecule has 2 saturated heterocycles. The van der Waals surface area contributed by atoms with Crippen LogP contribution in [-0.2, 0) is 21.6 Å². The molecule has 0 radical (unpaired) electrons. The lowest BCUT2D eigenvalue weighted by molar-refractivity contribution is -0.151. The van der Waals surface area contributed by atoms with Crippen molar-refractivity contribution < 1.29 is 36.3 Å². The fourth-order valence-electron chi connectivity index (χ4n) is 4.36. The first-order chi connectivity index (χ1) is 13.9. The van der Waals surface area contributed by atoms with E-state index < -0.39 is 52.2 Å². The number of carbonyl (C=O) groups is 2. The lowest BCUT2D eigenvalue weighted by Crippen LogP contribution is -2.61. The number of halogens is 6. The molecule has 0 unspecified atom stereocenters. The molecule has 1 aromatic carbocycles. The zero-order valence-corrected chi connectivity index (χ0v) is 16.3. The molecule has 2 amide bonds. The van der Waals surface area contributed by atoms with Crippen LogP contribution in [-0.4, -0.2) is 42.1 Å². The van der Waals surface area contributed by atoms with Gasteiger partial charge in [-0.3, -0.25) is 4.79 Å². The predicted molar refractivity (Wildman–Crippen MR) is 95.0 cm³/mol. The molecule has 3 aliphatic rings. The number of alkyl halides is 5. The van der Waals surface area contributed by atoms with E-state index in [4.69, 9.17) is 16.3 Å². The number of hydrogen-bond donors (Lipinski definition) is 1. The number of nitrogens with one attached hydrogen (secondary N) is 1. The Morgan fingerprint density at radius 1 is 1.23 bits per heavy atom. The Hall–Kier alpha value is -2.10. The molecule has 5 nitrogen and oxygen atoms in total. The Balaban J connectivity index is 1.31. The van der Waals surface area contributed by atoms with Crippen molar-refractivity contribution in [1.82, 2.24) is 10.2 Å². The van der Waals surface area contributed by atoms with Crippen molar-refractivity contribution in [3.63, 3.8) is 0 Å². The maximum atomic E-state index is 14.6. The third-order valence-corrected chi connectivity index (χ3v) is 6.31. The summed E-state index contributed by atoms with van der Waals surface area (Å²) in [4.78, 5) is 25.1. The molecule has 11 heteroatoms. The fraction of sp³-hybridized carbons (Fsp3) is 0.579. The van der Waals surface area contributed by atoms with Crippen LogP contribution in [0.5, 0.6) is 0 Å². The molecule has 4 rings (SSSR count). The van der Waals surface area contributed by atoms with Gasteiger partial charge in [0.05, 0.1) is 16.1 Å². The molecule has 1 aromatic rings. The van der Waals surface area contributed by atoms with Crippen molar-refractivity contribution in [2.24, 2.45) is 11.8 Å². The first-order valence-corrected chi connectivity index (χ1v) is 9.75. The van der Waals surface area contributed by atoms with E-state index in [1.807, 2.05) is 0 Å². The van der Waals surface area contributed by atoms with E-state index in [0.29, 0.717) is 18.9 Å². The maximum Gasteiger partial charge on any atom is 0.417 e. The summed E-state index contributed by atoms with van der Waals surface area (Å²) in [5, 5.41) is 2.05. The maximum absolute atomic E-state index is 14.6. The second-order valence-corrected chi connectivity index (χ2v) is 8.70. The number of hydrogen-bond acceptors (Lipinski definition) is 3. The van der Waals surface area contributed by atoms with Gasteiger partial charge in [0.2, 0.25) is 5.91 Å². The summed E-state index contributed by atoms with van der Waals surface area (Å²) < 4.78 is 72.8. The minimum absolute atomic E-state index is 0.125. The minimum atomic E-state index is -4.83. The van der Waals surface area contributed by atoms with Crippen LogP contribution in [0.25, 0.3) is 0 Å². The quantitative estimate of drug-likeness (QED) is 0.697. The highest BCUT2D eigenvalue weighted by atomic mass is 35.5. The van der Waals surface area contributed by atoms with Gasteiger partial charge in [0.15, 0.2) is 0 Å². The van der Waals surface area contributed by atoms with Gasteiger partial charge in [0.1, 0.15) is 6.61 Å². The average Bonchev–Trinajstić information content (AvgIpc) is 2.97. The lowest BCUT2D eigenvalue weighted by atomic mass is 9.68. The Morgan fingerprint density at radius 2 is 1.90 bits per heavy atom. The summed E-state index contributed by atoms with van der Waals surface area (Å²) in [5.41, 5.74) is -2.55. The molecule has 1 N–H and O–H groups in total. The second-order valence-electron chi connectivity index (χ2n) is 8.30. The van der Waals surface area contributed by atoms with Gasteiger partial charge in [-0.05, 0) is 25.0 Å². The highest BCUT2D eigenvalue weighted by molar-refractivity contribution is 6.31. The molecule has 1 spiro atoms. The van der Waals surface area contributed by atoms with Gasteiger partial charge in [-0.15, -0.1) is 0 Å². The van der Waals surface area contributed by atoms with Crippen molar-refractivity contribution in [1.29, 1.82) is 0 Å². The van der Waals surface area contributed by atoms with E-state index in [2.05, 4.69) is 5.32 Å². The van der Waals surface area contributed by atoms with E-state index in [0.717, 1.165) is 12.1 Å². The zero-order valence-electron chi connectivity index (χ0n) is 15.6. The van der Waals surface area contributed by atoms with Crippen molar-refractivity contribution in [3.05, 3.63) is 34.3 Å². The predicted octanol–water partition coefficient (Wildman–Crippen LogP) is 4.19. The fourth-order valence-corrected chi connectivity index (χ4v) is 4.58. The summed E-state index contributed by atoms with van der Waals surface area (Å²) in [6, 6.07) is 2.10. The Bertz CT molecular complexity index is 879. The number of rotatable bonds is 4. The van der Waals surface area contributed by atoms with Crippen LogP contribution in [0.4, 0.5) is 26.7 Å². The molecule has 1 saturated carbocycles. The number of nitrogens with zero attached hydrogens (tertiary/aromatic N) is 1. The standard InChI is InChI=1S/C19H18ClF5N2O3/c20-14-2-1-12(3-13(14)19(23,24)25)18(21,22)4-10-7-27(8-10)15(28)11-5-17(6-11)9-30-16(29)26-17/h1-3,10-11H,4-9H2,(H,26,29)/t11-,17+. The van der Waals surface area contributed by atoms with E-state index in [1.54, 1.807) is 0 Å². The van der Waals surface area contributed by atoms with E-state index in [-0.39, 0.29) is 31.5 Å². The summed E-state index contributed by atoms with van der Waals surface area (Å²) in [6.07, 6.45) is -5.11. The Labute approximate surface area is 173 Å². The highest BCUT2D eigenvalue weighted by Gasteiger charge is 2.54. The first-order valence-electron chi connectivity index (χ1n) is 9.37. The number of carbonyl (C=O) groups excluding carboxylic acids is 2. The van der Waals surface area contributed by atoms with Gasteiger partial charge in [-0.2, -0.15) is 13.2 Å². The van der Waals surface area contributed by atoms with E-state index >= 15 is 0 Å². The Morgan fingerprint density at radius 3 is 2.47 bits per heavy atom. The minimum Gasteiger partial charge on any atom is -0.447 e. The van der Waals surface area contributed by atoms with Crippen LogP contribution in [0.15, 0.2) is 18.2 Å². The molecule has 1 aliphatic carbocycles. The summed E-state index contributed by atoms with van der Waals surface area (Å²) in [7, 11) is 0. The summed E-state index contributed by atoms with van der Waals surface area (Å²) in [5.74, 6) is -4.44. The van der Waals surface area contributed by atoms with E-state index in [1.165, 1.54) is 4.90 Å². The van der Waals surface area contributed by atoms with Crippen molar-refractivity contribution in [2.75, 3.05) is 19.7 Å². The van der Waals surface area contributed by atoms with Crippen LogP contribution < -0.4 is 5.32 Å². The van der Waals surface area contributed by atoms with Crippen LogP contribution in [0.2, 0.25) is 5.02 Å². The summed E-state index contributed by atoms with van der Waals surface area (Å²) >= 11 is 5.49. The number of likely N-dealkylation sites (tertiary alicyclic amines) is 1. The first kappa shape index (κ1) is 21.1. The monoisotopic (exact) mass is 452 g/mol. The lowest BCUT2D eigenvalue weighted by Gasteiger charge is -2.48. The van der Waals surface area contributed by atoms with Gasteiger partial charge in [0, 0.05) is 36.9 Å². The molecule has 0 bridgehead atoms. The average molecular weight is 453 g/mol. The van der Waals surface area contributed by atoms with Crippen LogP contribution in [0, 0.1) is 11.8 Å². The molecule has 2 aliphatic heterocycles. The normalized spacial score (nSPS) is 26.8. The van der Waals surface area contributed by atoms with Crippen LogP contribution in [0.3, 0.4) is 0 Å². The van der Waals surface area contributed by atoms with Crippen molar-refractivity contribution in [3.8, 4) is 0 Å². The van der Waals surface area contributed by atoms with E-state index in [9.17, 15) is 31.5 Å². The number of alkyl carbamates (subject to hydrolysis) is 1. The molecule has 0 atom stereocenters. The highest BCUT2D eigenvalue weighted by Crippen LogP contribution is 2.44. The number of benzene rings is 1. The molecule has 164 valence electrons. The SMILES string of the molecule is O=C1N[C@]2(CO1)C[C@H](C(=O)N1CC(CC(F)(F)c3ccc(Cl)c(C(F)(F)F)c3)C1)C2. The molecule has 2 heterocycles. The molecule has 3 fully saturated rings. The van der Waals surface area contributed by atoms with Gasteiger partial charge in [0.25, 0.3) is 5.92 Å². The van der Waals surface area contributed by atoms with Crippen molar-refractivity contribution in [2.45, 2.75) is 36.9 Å². The third-order valence-electron chi connectivity index (χ3n) is 5.98. The molecule has 0 aromatic heterocycles. The number of ether oxygens (including phenoxy) is 1. The largest absolute Gasteiger partial charge is 0.447 e. The molecular weight excluding hydrogens is 435 g/mol.